The van der Waals surface area contributed by atoms with Crippen LogP contribution in [0.15, 0.2) is 48.5 Å². The van der Waals surface area contributed by atoms with Gasteiger partial charge in [-0.15, -0.1) is 0 Å². The van der Waals surface area contributed by atoms with Crippen molar-refractivity contribution >= 4 is 29.2 Å². The molecule has 6 nitrogen and oxygen atoms in total. The molecule has 0 aromatic heterocycles. The van der Waals surface area contributed by atoms with Gasteiger partial charge in [-0.2, -0.15) is 0 Å². The average Bonchev–Trinajstić information content (AvgIpc) is 2.60. The van der Waals surface area contributed by atoms with Gasteiger partial charge in [-0.05, 0) is 62.0 Å². The van der Waals surface area contributed by atoms with Crippen molar-refractivity contribution in [2.45, 2.75) is 26.5 Å². The number of hydrogen-bond donors (Lipinski definition) is 3. The van der Waals surface area contributed by atoms with Crippen LogP contribution in [0.3, 0.4) is 0 Å². The maximum Gasteiger partial charge on any atom is 0.335 e. The van der Waals surface area contributed by atoms with Gasteiger partial charge in [0.05, 0.1) is 11.7 Å². The predicted molar refractivity (Wildman–Crippen MR) is 103 cm³/mol. The van der Waals surface area contributed by atoms with Crippen LogP contribution in [0.2, 0.25) is 0 Å². The molecule has 0 radical (unpaired) electrons. The summed E-state index contributed by atoms with van der Waals surface area (Å²) < 4.78 is 5.57. The molecular formula is C19H20N2O4S. The normalized spacial score (nSPS) is 10.3. The molecule has 0 aliphatic carbocycles. The second-order valence-corrected chi connectivity index (χ2v) is 6.24. The van der Waals surface area contributed by atoms with E-state index in [2.05, 4.69) is 10.6 Å². The summed E-state index contributed by atoms with van der Waals surface area (Å²) in [6, 6.07) is 13.3. The number of nitrogens with one attached hydrogen (secondary N) is 2. The summed E-state index contributed by atoms with van der Waals surface area (Å²) in [6.45, 7) is 4.19. The largest absolute Gasteiger partial charge is 0.491 e. The number of carbonyl (C=O) groups is 2. The Kier molecular flexibility index (Phi) is 6.68. The Bertz CT molecular complexity index is 803. The van der Waals surface area contributed by atoms with Crippen molar-refractivity contribution in [1.82, 2.24) is 10.6 Å². The van der Waals surface area contributed by atoms with Crippen molar-refractivity contribution in [2.75, 3.05) is 0 Å². The number of thiocarbonyl (C=S) groups is 1. The van der Waals surface area contributed by atoms with Crippen molar-refractivity contribution < 1.29 is 19.4 Å². The number of aromatic carboxylic acids is 1. The number of carboxylic acids is 1. The summed E-state index contributed by atoms with van der Waals surface area (Å²) in [5.41, 5.74) is 1.50. The summed E-state index contributed by atoms with van der Waals surface area (Å²) in [5, 5.41) is 14.6. The topological polar surface area (TPSA) is 87.7 Å². The second-order valence-electron chi connectivity index (χ2n) is 5.83. The highest BCUT2D eigenvalue weighted by molar-refractivity contribution is 7.80. The van der Waals surface area contributed by atoms with Gasteiger partial charge in [0.2, 0.25) is 0 Å². The van der Waals surface area contributed by atoms with Crippen LogP contribution in [0.25, 0.3) is 0 Å². The second kappa shape index (κ2) is 8.96. The van der Waals surface area contributed by atoms with Crippen molar-refractivity contribution in [3.63, 3.8) is 0 Å². The minimum Gasteiger partial charge on any atom is -0.491 e. The zero-order valence-corrected chi connectivity index (χ0v) is 15.3. The van der Waals surface area contributed by atoms with E-state index in [-0.39, 0.29) is 22.7 Å². The first-order valence-electron chi connectivity index (χ1n) is 8.03. The zero-order chi connectivity index (χ0) is 19.1. The Morgan fingerprint density at radius 3 is 2.42 bits per heavy atom. The fraction of sp³-hybridized carbons (Fsp3) is 0.211. The SMILES string of the molecule is CC(C)Oc1cccc(C(=O)NC(=S)NCc2ccc(C(=O)O)cc2)c1. The Morgan fingerprint density at radius 1 is 1.12 bits per heavy atom. The first-order chi connectivity index (χ1) is 12.3. The Balaban J connectivity index is 1.89. The molecule has 1 amide bonds. The number of carboxylic acid groups (broad SMARTS) is 1. The van der Waals surface area contributed by atoms with Crippen LogP contribution in [0.4, 0.5) is 0 Å². The lowest BCUT2D eigenvalue weighted by atomic mass is 10.1. The summed E-state index contributed by atoms with van der Waals surface area (Å²) in [7, 11) is 0. The molecule has 7 heteroatoms. The fourth-order valence-corrected chi connectivity index (χ4v) is 2.31. The third-order valence-corrected chi connectivity index (χ3v) is 3.60. The van der Waals surface area contributed by atoms with E-state index in [4.69, 9.17) is 22.1 Å². The Labute approximate surface area is 157 Å². The van der Waals surface area contributed by atoms with Crippen LogP contribution >= 0.6 is 12.2 Å². The van der Waals surface area contributed by atoms with E-state index in [1.54, 1.807) is 36.4 Å². The third kappa shape index (κ3) is 5.86. The molecule has 2 aromatic carbocycles. The molecule has 0 heterocycles. The maximum absolute atomic E-state index is 12.3. The van der Waals surface area contributed by atoms with E-state index in [9.17, 15) is 9.59 Å². The van der Waals surface area contributed by atoms with E-state index in [1.807, 2.05) is 13.8 Å². The van der Waals surface area contributed by atoms with Crippen LogP contribution in [-0.4, -0.2) is 28.2 Å². The third-order valence-electron chi connectivity index (χ3n) is 3.35. The van der Waals surface area contributed by atoms with Gasteiger partial charge in [0.25, 0.3) is 5.91 Å². The van der Waals surface area contributed by atoms with Crippen molar-refractivity contribution in [3.8, 4) is 5.75 Å². The van der Waals surface area contributed by atoms with Gasteiger partial charge < -0.3 is 15.2 Å². The van der Waals surface area contributed by atoms with E-state index >= 15 is 0 Å². The molecule has 0 unspecified atom stereocenters. The van der Waals surface area contributed by atoms with E-state index in [0.29, 0.717) is 17.9 Å². The van der Waals surface area contributed by atoms with Crippen LogP contribution in [0.5, 0.6) is 5.75 Å². The lowest BCUT2D eigenvalue weighted by Crippen LogP contribution is -2.38. The molecule has 0 saturated heterocycles. The molecule has 0 bridgehead atoms. The predicted octanol–water partition coefficient (Wildman–Crippen LogP) is 2.98. The number of amides is 1. The molecule has 3 N–H and O–H groups in total. The van der Waals surface area contributed by atoms with E-state index in [1.165, 1.54) is 12.1 Å². The highest BCUT2D eigenvalue weighted by Crippen LogP contribution is 2.14. The van der Waals surface area contributed by atoms with E-state index < -0.39 is 5.97 Å². The minimum atomic E-state index is -0.976. The molecule has 0 fully saturated rings. The minimum absolute atomic E-state index is 0.0172. The molecule has 0 aliphatic rings. The van der Waals surface area contributed by atoms with Crippen molar-refractivity contribution in [2.24, 2.45) is 0 Å². The first-order valence-corrected chi connectivity index (χ1v) is 8.44. The van der Waals surface area contributed by atoms with Crippen LogP contribution in [-0.2, 0) is 6.54 Å². The van der Waals surface area contributed by atoms with Gasteiger partial charge in [-0.1, -0.05) is 18.2 Å². The highest BCUT2D eigenvalue weighted by Gasteiger charge is 2.09. The number of rotatable bonds is 6. The maximum atomic E-state index is 12.3. The average molecular weight is 372 g/mol. The standard InChI is InChI=1S/C19H20N2O4S/c1-12(2)25-16-5-3-4-15(10-16)17(22)21-19(26)20-11-13-6-8-14(9-7-13)18(23)24/h3-10,12H,11H2,1-2H3,(H,23,24)(H2,20,21,22,26). The Morgan fingerprint density at radius 2 is 1.81 bits per heavy atom. The monoisotopic (exact) mass is 372 g/mol. The number of carbonyl (C=O) groups excluding carboxylic acids is 1. The zero-order valence-electron chi connectivity index (χ0n) is 14.5. The van der Waals surface area contributed by atoms with Gasteiger partial charge in [-0.3, -0.25) is 10.1 Å². The van der Waals surface area contributed by atoms with Crippen LogP contribution in [0, 0.1) is 0 Å². The van der Waals surface area contributed by atoms with Gasteiger partial charge >= 0.3 is 5.97 Å². The molecule has 2 aromatic rings. The molecular weight excluding hydrogens is 352 g/mol. The summed E-state index contributed by atoms with van der Waals surface area (Å²) in [6.07, 6.45) is 0.0172. The molecule has 0 spiro atoms. The number of benzene rings is 2. The Hall–Kier alpha value is -2.93. The van der Waals surface area contributed by atoms with Gasteiger partial charge in [0.15, 0.2) is 5.11 Å². The van der Waals surface area contributed by atoms with Gasteiger partial charge in [0.1, 0.15) is 5.75 Å². The molecule has 2 rings (SSSR count). The summed E-state index contributed by atoms with van der Waals surface area (Å²) in [5.74, 6) is -0.695. The molecule has 0 atom stereocenters. The smallest absolute Gasteiger partial charge is 0.335 e. The molecule has 26 heavy (non-hydrogen) atoms. The van der Waals surface area contributed by atoms with Crippen molar-refractivity contribution in [1.29, 1.82) is 0 Å². The number of ether oxygens (including phenoxy) is 1. The molecule has 0 aliphatic heterocycles. The van der Waals surface area contributed by atoms with Gasteiger partial charge in [-0.25, -0.2) is 4.79 Å². The van der Waals surface area contributed by atoms with E-state index in [0.717, 1.165) is 5.56 Å². The quantitative estimate of drug-likeness (QED) is 0.676. The highest BCUT2D eigenvalue weighted by atomic mass is 32.1. The lowest BCUT2D eigenvalue weighted by Gasteiger charge is -2.12. The first kappa shape index (κ1) is 19.4. The summed E-state index contributed by atoms with van der Waals surface area (Å²) in [4.78, 5) is 23.1. The van der Waals surface area contributed by atoms with Crippen LogP contribution < -0.4 is 15.4 Å². The van der Waals surface area contributed by atoms with Gasteiger partial charge in [0, 0.05) is 12.1 Å². The lowest BCUT2D eigenvalue weighted by molar-refractivity contribution is 0.0696. The van der Waals surface area contributed by atoms with Crippen molar-refractivity contribution in [3.05, 3.63) is 65.2 Å². The molecule has 0 saturated carbocycles. The fourth-order valence-electron chi connectivity index (χ4n) is 2.15. The number of hydrogen-bond acceptors (Lipinski definition) is 4. The molecule has 136 valence electrons. The van der Waals surface area contributed by atoms with Crippen LogP contribution in [0.1, 0.15) is 40.1 Å². The summed E-state index contributed by atoms with van der Waals surface area (Å²) >= 11 is 5.13.